The molecule has 0 aliphatic rings. The van der Waals surface area contributed by atoms with Gasteiger partial charge in [-0.3, -0.25) is 4.68 Å². The molecule has 0 fully saturated rings. The fourth-order valence-corrected chi connectivity index (χ4v) is 2.70. The molecule has 0 saturated carbocycles. The zero-order valence-corrected chi connectivity index (χ0v) is 14.8. The predicted molar refractivity (Wildman–Crippen MR) is 96.2 cm³/mol. The van der Waals surface area contributed by atoms with Crippen molar-refractivity contribution in [3.05, 3.63) is 46.8 Å². The molecule has 0 aliphatic carbocycles. The summed E-state index contributed by atoms with van der Waals surface area (Å²) >= 11 is 5.51. The Bertz CT molecular complexity index is 675. The van der Waals surface area contributed by atoms with E-state index in [0.717, 1.165) is 24.5 Å². The number of anilines is 1. The summed E-state index contributed by atoms with van der Waals surface area (Å²) < 4.78 is 2.04. The summed E-state index contributed by atoms with van der Waals surface area (Å²) in [6, 6.07) is 8.22. The number of aryl methyl sites for hydroxylation is 3. The highest BCUT2D eigenvalue weighted by Crippen LogP contribution is 2.16. The summed E-state index contributed by atoms with van der Waals surface area (Å²) in [4.78, 5) is 2.05. The van der Waals surface area contributed by atoms with Gasteiger partial charge in [-0.05, 0) is 57.6 Å². The third-order valence-electron chi connectivity index (χ3n) is 3.84. The Morgan fingerprint density at radius 2 is 2.05 bits per heavy atom. The van der Waals surface area contributed by atoms with E-state index in [1.165, 1.54) is 16.8 Å². The molecule has 0 atom stereocenters. The van der Waals surface area contributed by atoms with E-state index in [-0.39, 0.29) is 0 Å². The van der Waals surface area contributed by atoms with Gasteiger partial charge in [0.2, 0.25) is 0 Å². The number of hydrogen-bond donors (Lipinski definition) is 1. The fourth-order valence-electron chi connectivity index (χ4n) is 2.52. The number of rotatable bonds is 4. The molecule has 1 aromatic carbocycles. The largest absolute Gasteiger partial charge is 0.348 e. The molecule has 1 heterocycles. The third-order valence-corrected chi connectivity index (χ3v) is 4.26. The molecule has 2 rings (SSSR count). The Kier molecular flexibility index (Phi) is 5.19. The van der Waals surface area contributed by atoms with E-state index in [0.29, 0.717) is 5.11 Å². The number of hydrogen-bond acceptors (Lipinski definition) is 2. The van der Waals surface area contributed by atoms with Gasteiger partial charge in [0.05, 0.1) is 5.69 Å². The first-order chi connectivity index (χ1) is 10.4. The third kappa shape index (κ3) is 3.65. The van der Waals surface area contributed by atoms with Crippen LogP contribution in [0.2, 0.25) is 0 Å². The molecule has 0 aliphatic heterocycles. The van der Waals surface area contributed by atoms with Gasteiger partial charge in [-0.15, -0.1) is 0 Å². The summed E-state index contributed by atoms with van der Waals surface area (Å²) in [6.07, 6.45) is 0. The van der Waals surface area contributed by atoms with Crippen LogP contribution < -0.4 is 5.32 Å². The van der Waals surface area contributed by atoms with Crippen LogP contribution in [-0.4, -0.2) is 26.8 Å². The Hall–Kier alpha value is -1.88. The van der Waals surface area contributed by atoms with Crippen LogP contribution in [0.25, 0.3) is 0 Å². The second-order valence-electron chi connectivity index (χ2n) is 5.62. The molecule has 4 nitrogen and oxygen atoms in total. The zero-order valence-electron chi connectivity index (χ0n) is 14.0. The smallest absolute Gasteiger partial charge is 0.173 e. The second-order valence-corrected chi connectivity index (χ2v) is 6.01. The molecule has 0 radical (unpaired) electrons. The van der Waals surface area contributed by atoms with Gasteiger partial charge >= 0.3 is 0 Å². The topological polar surface area (TPSA) is 33.1 Å². The lowest BCUT2D eigenvalue weighted by Crippen LogP contribution is -2.31. The van der Waals surface area contributed by atoms with E-state index in [4.69, 9.17) is 12.2 Å². The van der Waals surface area contributed by atoms with Crippen LogP contribution in [0.3, 0.4) is 0 Å². The monoisotopic (exact) mass is 316 g/mol. The van der Waals surface area contributed by atoms with E-state index in [1.54, 1.807) is 0 Å². The minimum atomic E-state index is 0.716. The number of benzene rings is 1. The quantitative estimate of drug-likeness (QED) is 0.873. The van der Waals surface area contributed by atoms with Gasteiger partial charge < -0.3 is 10.2 Å². The maximum atomic E-state index is 5.51. The van der Waals surface area contributed by atoms with Crippen molar-refractivity contribution in [3.8, 4) is 0 Å². The van der Waals surface area contributed by atoms with Gasteiger partial charge in [0.25, 0.3) is 0 Å². The maximum Gasteiger partial charge on any atom is 0.173 e. The highest BCUT2D eigenvalue weighted by atomic mass is 32.1. The number of aromatic nitrogens is 2. The molecule has 0 unspecified atom stereocenters. The van der Waals surface area contributed by atoms with Gasteiger partial charge in [-0.2, -0.15) is 5.10 Å². The Balaban J connectivity index is 2.07. The molecule has 0 spiro atoms. The second kappa shape index (κ2) is 6.92. The van der Waals surface area contributed by atoms with E-state index in [9.17, 15) is 0 Å². The predicted octanol–water partition coefficient (Wildman–Crippen LogP) is 3.66. The van der Waals surface area contributed by atoms with Crippen molar-refractivity contribution in [1.29, 1.82) is 0 Å². The minimum absolute atomic E-state index is 0.716. The van der Waals surface area contributed by atoms with Crippen molar-refractivity contribution in [2.45, 2.75) is 40.8 Å². The lowest BCUT2D eigenvalue weighted by Gasteiger charge is -2.21. The van der Waals surface area contributed by atoms with Crippen molar-refractivity contribution in [2.24, 2.45) is 0 Å². The Labute approximate surface area is 138 Å². The lowest BCUT2D eigenvalue weighted by molar-refractivity contribution is 0.504. The van der Waals surface area contributed by atoms with E-state index in [1.807, 2.05) is 23.9 Å². The van der Waals surface area contributed by atoms with Gasteiger partial charge in [-0.25, -0.2) is 0 Å². The number of nitrogens with one attached hydrogen (secondary N) is 1. The highest BCUT2D eigenvalue weighted by Gasteiger charge is 2.14. The summed E-state index contributed by atoms with van der Waals surface area (Å²) in [5, 5.41) is 8.57. The first-order valence-electron chi connectivity index (χ1n) is 7.54. The van der Waals surface area contributed by atoms with Crippen LogP contribution >= 0.6 is 12.2 Å². The molecule has 22 heavy (non-hydrogen) atoms. The van der Waals surface area contributed by atoms with Crippen molar-refractivity contribution in [2.75, 3.05) is 12.4 Å². The fraction of sp³-hybridized carbons (Fsp3) is 0.412. The Morgan fingerprint density at radius 1 is 1.32 bits per heavy atom. The van der Waals surface area contributed by atoms with Crippen molar-refractivity contribution in [3.63, 3.8) is 0 Å². The number of thiocarbonyl (C=S) groups is 1. The summed E-state index contributed by atoms with van der Waals surface area (Å²) in [7, 11) is 2.01. The van der Waals surface area contributed by atoms with E-state index in [2.05, 4.69) is 55.1 Å². The maximum absolute atomic E-state index is 5.51. The first-order valence-corrected chi connectivity index (χ1v) is 7.94. The van der Waals surface area contributed by atoms with E-state index < -0.39 is 0 Å². The van der Waals surface area contributed by atoms with Crippen LogP contribution in [-0.2, 0) is 13.1 Å². The van der Waals surface area contributed by atoms with Crippen LogP contribution in [0, 0.1) is 20.8 Å². The van der Waals surface area contributed by atoms with Crippen molar-refractivity contribution < 1.29 is 0 Å². The SMILES string of the molecule is CCn1nc(C)c(CN(C)C(=S)Nc2cccc(C)c2)c1C. The molecule has 0 bridgehead atoms. The highest BCUT2D eigenvalue weighted by molar-refractivity contribution is 7.80. The van der Waals surface area contributed by atoms with Crippen molar-refractivity contribution in [1.82, 2.24) is 14.7 Å². The average molecular weight is 316 g/mol. The molecule has 118 valence electrons. The van der Waals surface area contributed by atoms with Crippen LogP contribution in [0.5, 0.6) is 0 Å². The Morgan fingerprint density at radius 3 is 2.64 bits per heavy atom. The molecule has 2 aromatic rings. The minimum Gasteiger partial charge on any atom is -0.348 e. The van der Waals surface area contributed by atoms with Gasteiger partial charge in [0.1, 0.15) is 0 Å². The first kappa shape index (κ1) is 16.5. The van der Waals surface area contributed by atoms with Crippen LogP contribution in [0.4, 0.5) is 5.69 Å². The summed E-state index contributed by atoms with van der Waals surface area (Å²) in [5.41, 5.74) is 5.77. The molecular weight excluding hydrogens is 292 g/mol. The van der Waals surface area contributed by atoms with Crippen LogP contribution in [0.15, 0.2) is 24.3 Å². The van der Waals surface area contributed by atoms with Gasteiger partial charge in [0, 0.05) is 37.1 Å². The van der Waals surface area contributed by atoms with Gasteiger partial charge in [0.15, 0.2) is 5.11 Å². The molecule has 0 amide bonds. The van der Waals surface area contributed by atoms with Gasteiger partial charge in [-0.1, -0.05) is 12.1 Å². The summed E-state index contributed by atoms with van der Waals surface area (Å²) in [6.45, 7) is 10.0. The molecule has 1 aromatic heterocycles. The summed E-state index contributed by atoms with van der Waals surface area (Å²) in [5.74, 6) is 0. The zero-order chi connectivity index (χ0) is 16.3. The lowest BCUT2D eigenvalue weighted by atomic mass is 10.2. The normalized spacial score (nSPS) is 10.6. The average Bonchev–Trinajstić information content (AvgIpc) is 2.74. The molecule has 5 heteroatoms. The molecular formula is C17H24N4S. The van der Waals surface area contributed by atoms with Crippen LogP contribution in [0.1, 0.15) is 29.4 Å². The molecule has 1 N–H and O–H groups in total. The number of nitrogens with zero attached hydrogens (tertiary/aromatic N) is 3. The van der Waals surface area contributed by atoms with E-state index >= 15 is 0 Å². The standard InChI is InChI=1S/C17H24N4S/c1-6-21-14(4)16(13(3)19-21)11-20(5)17(22)18-15-9-7-8-12(2)10-15/h7-10H,6,11H2,1-5H3,(H,18,22). The van der Waals surface area contributed by atoms with Crippen molar-refractivity contribution >= 4 is 23.0 Å². The molecule has 0 saturated heterocycles.